The average Bonchev–Trinajstić information content (AvgIpc) is 2.66. The summed E-state index contributed by atoms with van der Waals surface area (Å²) < 4.78 is 2.11. The molecule has 0 atom stereocenters. The minimum atomic E-state index is 0. The van der Waals surface area contributed by atoms with Crippen molar-refractivity contribution in [2.75, 3.05) is 12.3 Å². The van der Waals surface area contributed by atoms with Gasteiger partial charge >= 0.3 is 17.1 Å². The van der Waals surface area contributed by atoms with Crippen LogP contribution in [0.3, 0.4) is 0 Å². The van der Waals surface area contributed by atoms with E-state index in [1.807, 2.05) is 19.4 Å². The molecule has 0 unspecified atom stereocenters. The van der Waals surface area contributed by atoms with Gasteiger partial charge in [-0.1, -0.05) is 11.3 Å². The third kappa shape index (κ3) is 4.39. The molecule has 0 radical (unpaired) electrons. The van der Waals surface area contributed by atoms with Gasteiger partial charge in [-0.2, -0.15) is 4.57 Å². The molecule has 0 saturated carbocycles. The molecule has 3 N–H and O–H groups in total. The van der Waals surface area contributed by atoms with E-state index in [4.69, 9.17) is 10.8 Å². The van der Waals surface area contributed by atoms with Gasteiger partial charge in [0.1, 0.15) is 11.6 Å². The fraction of sp³-hybridized carbons (Fsp3) is 0.417. The predicted octanol–water partition coefficient (Wildman–Crippen LogP) is -2.39. The standard InChI is InChI=1S/C12H17N4OS.ClH.Fe/c1-8-11(3-4-17)18-7-16(8)6-10-5-14-9(2)15-12(10)13;;/h5,7,17H,3-4,6H2,1-2H3,(H2,13,14,15);1H;/q+1;;+2/p-1. The second-order valence-electron chi connectivity index (χ2n) is 4.16. The van der Waals surface area contributed by atoms with Gasteiger partial charge in [0.25, 0.3) is 0 Å². The third-order valence-corrected chi connectivity index (χ3v) is 4.00. The van der Waals surface area contributed by atoms with E-state index in [2.05, 4.69) is 14.5 Å². The Bertz CT molecular complexity index is 564. The zero-order valence-corrected chi connectivity index (χ0v) is 14.0. The Morgan fingerprint density at radius 1 is 1.40 bits per heavy atom. The molecule has 5 nitrogen and oxygen atoms in total. The number of nitrogens with two attached hydrogens (primary N) is 1. The molecule has 0 saturated heterocycles. The molecule has 0 fully saturated rings. The van der Waals surface area contributed by atoms with Crippen molar-refractivity contribution >= 4 is 17.2 Å². The van der Waals surface area contributed by atoms with Gasteiger partial charge in [0, 0.05) is 26.1 Å². The molecular formula is C12H17ClFeN4OS+2. The normalized spacial score (nSPS) is 9.75. The number of halogens is 1. The summed E-state index contributed by atoms with van der Waals surface area (Å²) in [6.45, 7) is 4.71. The van der Waals surface area contributed by atoms with Gasteiger partial charge < -0.3 is 23.2 Å². The van der Waals surface area contributed by atoms with Crippen LogP contribution in [-0.4, -0.2) is 21.7 Å². The van der Waals surface area contributed by atoms with Crippen LogP contribution in [0.5, 0.6) is 0 Å². The first-order chi connectivity index (χ1) is 8.61. The molecule has 0 aliphatic heterocycles. The van der Waals surface area contributed by atoms with Gasteiger partial charge in [-0.15, -0.1) is 0 Å². The Labute approximate surface area is 139 Å². The summed E-state index contributed by atoms with van der Waals surface area (Å²) in [5.74, 6) is 1.22. The Balaban J connectivity index is 0.00000180. The maximum Gasteiger partial charge on any atom is 2.00 e. The third-order valence-electron chi connectivity index (χ3n) is 2.85. The van der Waals surface area contributed by atoms with E-state index in [9.17, 15) is 0 Å². The first-order valence-corrected chi connectivity index (χ1v) is 6.65. The van der Waals surface area contributed by atoms with E-state index in [0.717, 1.165) is 11.3 Å². The van der Waals surface area contributed by atoms with E-state index in [-0.39, 0.29) is 36.1 Å². The van der Waals surface area contributed by atoms with Crippen LogP contribution in [0, 0.1) is 13.8 Å². The molecule has 2 heterocycles. The summed E-state index contributed by atoms with van der Waals surface area (Å²) in [6.07, 6.45) is 2.47. The van der Waals surface area contributed by atoms with Crippen molar-refractivity contribution in [1.82, 2.24) is 9.97 Å². The van der Waals surface area contributed by atoms with Crippen molar-refractivity contribution in [3.8, 4) is 0 Å². The molecule has 0 aromatic carbocycles. The van der Waals surface area contributed by atoms with Crippen LogP contribution in [0.15, 0.2) is 11.7 Å². The number of anilines is 1. The van der Waals surface area contributed by atoms with Crippen molar-refractivity contribution < 1.29 is 39.1 Å². The summed E-state index contributed by atoms with van der Waals surface area (Å²) >= 11 is 1.65. The van der Waals surface area contributed by atoms with Crippen molar-refractivity contribution in [2.24, 2.45) is 0 Å². The summed E-state index contributed by atoms with van der Waals surface area (Å²) in [6, 6.07) is 0. The second-order valence-corrected chi connectivity index (χ2v) is 5.10. The van der Waals surface area contributed by atoms with Gasteiger partial charge in [0.15, 0.2) is 12.2 Å². The first-order valence-electron chi connectivity index (χ1n) is 5.77. The summed E-state index contributed by atoms with van der Waals surface area (Å²) in [4.78, 5) is 9.53. The maximum atomic E-state index is 8.98. The molecule has 0 bridgehead atoms. The number of hydrogen-bond donors (Lipinski definition) is 2. The van der Waals surface area contributed by atoms with E-state index in [1.165, 1.54) is 4.88 Å². The van der Waals surface area contributed by atoms with Crippen molar-refractivity contribution in [2.45, 2.75) is 26.8 Å². The van der Waals surface area contributed by atoms with Crippen LogP contribution in [-0.2, 0) is 30.0 Å². The Morgan fingerprint density at radius 3 is 2.70 bits per heavy atom. The van der Waals surface area contributed by atoms with Gasteiger partial charge in [-0.25, -0.2) is 9.97 Å². The van der Waals surface area contributed by atoms with E-state index in [1.54, 1.807) is 17.5 Å². The second kappa shape index (κ2) is 8.54. The van der Waals surface area contributed by atoms with Gasteiger partial charge in [-0.05, 0) is 6.92 Å². The SMILES string of the molecule is Cc1ncc(C[n+]2csc(CCO)c2C)c(N)n1.[Cl-].[Fe+2]. The molecule has 2 aromatic heterocycles. The van der Waals surface area contributed by atoms with Crippen LogP contribution in [0.2, 0.25) is 0 Å². The number of aliphatic hydroxyl groups excluding tert-OH is 1. The fourth-order valence-corrected chi connectivity index (χ4v) is 2.75. The topological polar surface area (TPSA) is 75.9 Å². The number of thiazole rings is 1. The molecule has 20 heavy (non-hydrogen) atoms. The molecule has 2 rings (SSSR count). The van der Waals surface area contributed by atoms with Crippen molar-refractivity contribution in [3.05, 3.63) is 33.7 Å². The van der Waals surface area contributed by atoms with Gasteiger partial charge in [0.05, 0.1) is 10.4 Å². The summed E-state index contributed by atoms with van der Waals surface area (Å²) in [7, 11) is 0. The monoisotopic (exact) mass is 356 g/mol. The molecule has 110 valence electrons. The average molecular weight is 357 g/mol. The zero-order chi connectivity index (χ0) is 13.1. The van der Waals surface area contributed by atoms with Crippen LogP contribution >= 0.6 is 11.3 Å². The van der Waals surface area contributed by atoms with Gasteiger partial charge in [0.2, 0.25) is 5.51 Å². The fourth-order valence-electron chi connectivity index (χ4n) is 1.77. The van der Waals surface area contributed by atoms with Crippen molar-refractivity contribution in [1.29, 1.82) is 0 Å². The van der Waals surface area contributed by atoms with E-state index < -0.39 is 0 Å². The smallest absolute Gasteiger partial charge is 1.00 e. The van der Waals surface area contributed by atoms with Crippen LogP contribution < -0.4 is 22.7 Å². The number of aliphatic hydroxyl groups is 1. The minimum Gasteiger partial charge on any atom is -1.00 e. The molecule has 8 heteroatoms. The number of rotatable bonds is 4. The quantitative estimate of drug-likeness (QED) is 0.473. The number of aromatic nitrogens is 3. The van der Waals surface area contributed by atoms with Crippen LogP contribution in [0.25, 0.3) is 0 Å². The number of hydrogen-bond acceptors (Lipinski definition) is 5. The number of aryl methyl sites for hydroxylation is 1. The summed E-state index contributed by atoms with van der Waals surface area (Å²) in [5, 5.41) is 8.98. The van der Waals surface area contributed by atoms with E-state index >= 15 is 0 Å². The molecular weight excluding hydrogens is 340 g/mol. The molecule has 2 aromatic rings. The van der Waals surface area contributed by atoms with Crippen LogP contribution in [0.4, 0.5) is 5.82 Å². The number of nitrogens with zero attached hydrogens (tertiary/aromatic N) is 3. The number of nitrogen functional groups attached to an aromatic ring is 1. The van der Waals surface area contributed by atoms with Gasteiger partial charge in [-0.3, -0.25) is 0 Å². The Hall–Kier alpha value is -0.721. The first kappa shape index (κ1) is 19.3. The van der Waals surface area contributed by atoms with E-state index in [0.29, 0.717) is 24.6 Å². The summed E-state index contributed by atoms with van der Waals surface area (Å²) in [5.41, 5.74) is 10.0. The Kier molecular flexibility index (Phi) is 8.23. The molecule has 0 amide bonds. The minimum absolute atomic E-state index is 0. The predicted molar refractivity (Wildman–Crippen MR) is 70.3 cm³/mol. The maximum absolute atomic E-state index is 8.98. The Morgan fingerprint density at radius 2 is 2.10 bits per heavy atom. The van der Waals surface area contributed by atoms with Crippen LogP contribution in [0.1, 0.15) is 22.0 Å². The molecule has 0 spiro atoms. The largest absolute Gasteiger partial charge is 2.00 e. The molecule has 0 aliphatic carbocycles. The zero-order valence-electron chi connectivity index (χ0n) is 11.3. The molecule has 0 aliphatic rings. The van der Waals surface area contributed by atoms with Crippen molar-refractivity contribution in [3.63, 3.8) is 0 Å².